The van der Waals surface area contributed by atoms with Crippen LogP contribution in [0.4, 0.5) is 5.69 Å². The van der Waals surface area contributed by atoms with Gasteiger partial charge in [0.15, 0.2) is 5.52 Å². The van der Waals surface area contributed by atoms with E-state index in [1.54, 1.807) is 0 Å². The van der Waals surface area contributed by atoms with Crippen LogP contribution in [0.1, 0.15) is 18.2 Å². The Kier molecular flexibility index (Phi) is 3.63. The van der Waals surface area contributed by atoms with Gasteiger partial charge in [-0.2, -0.15) is 5.10 Å². The van der Waals surface area contributed by atoms with Crippen molar-refractivity contribution in [1.29, 1.82) is 0 Å². The van der Waals surface area contributed by atoms with Crippen LogP contribution in [-0.4, -0.2) is 42.5 Å². The van der Waals surface area contributed by atoms with Gasteiger partial charge in [0.2, 0.25) is 0 Å². The molecule has 0 saturated heterocycles. The first-order chi connectivity index (χ1) is 9.41. The second-order valence-electron chi connectivity index (χ2n) is 4.18. The zero-order chi connectivity index (χ0) is 14.9. The van der Waals surface area contributed by atoms with Gasteiger partial charge < -0.3 is 15.3 Å². The Labute approximate surface area is 111 Å². The fraction of sp³-hybridized carbons (Fsp3) is 0.273. The number of nitrogens with zero attached hydrogens (tertiary/aromatic N) is 2. The van der Waals surface area contributed by atoms with E-state index < -0.39 is 29.5 Å². The average molecular weight is 281 g/mol. The predicted molar refractivity (Wildman–Crippen MR) is 66.0 cm³/mol. The maximum absolute atomic E-state index is 10.8. The summed E-state index contributed by atoms with van der Waals surface area (Å²) in [5, 5.41) is 45.3. The maximum atomic E-state index is 10.8. The number of fused-ring (bicyclic) bond motifs is 1. The summed E-state index contributed by atoms with van der Waals surface area (Å²) in [6.45, 7) is 0. The lowest BCUT2D eigenvalue weighted by Crippen LogP contribution is -2.22. The van der Waals surface area contributed by atoms with E-state index >= 15 is 0 Å². The summed E-state index contributed by atoms with van der Waals surface area (Å²) in [6.07, 6.45) is -3.73. The quantitative estimate of drug-likeness (QED) is 0.455. The third-order valence-electron chi connectivity index (χ3n) is 2.83. The molecule has 20 heavy (non-hydrogen) atoms. The largest absolute Gasteiger partial charge is 0.481 e. The van der Waals surface area contributed by atoms with Gasteiger partial charge in [-0.1, -0.05) is 12.1 Å². The van der Waals surface area contributed by atoms with Crippen LogP contribution >= 0.6 is 0 Å². The Hall–Kier alpha value is -2.52. The second kappa shape index (κ2) is 5.23. The molecular weight excluding hydrogens is 270 g/mol. The van der Waals surface area contributed by atoms with Gasteiger partial charge in [0.25, 0.3) is 5.69 Å². The molecule has 0 aliphatic rings. The number of carboxylic acids is 1. The number of hydrogen-bond acceptors (Lipinski definition) is 6. The van der Waals surface area contributed by atoms with Crippen LogP contribution in [0.5, 0.6) is 0 Å². The number of nitro benzene ring substituents is 1. The van der Waals surface area contributed by atoms with Crippen molar-refractivity contribution in [3.05, 3.63) is 34.0 Å². The van der Waals surface area contributed by atoms with Crippen molar-refractivity contribution >= 4 is 22.6 Å². The van der Waals surface area contributed by atoms with Crippen molar-refractivity contribution in [3.8, 4) is 0 Å². The molecule has 9 nitrogen and oxygen atoms in total. The number of carboxylic acid groups (broad SMARTS) is 1. The molecule has 0 radical (unpaired) electrons. The second-order valence-corrected chi connectivity index (χ2v) is 4.18. The first-order valence-electron chi connectivity index (χ1n) is 5.61. The molecule has 2 rings (SSSR count). The number of nitrogens with one attached hydrogen (secondary N) is 1. The van der Waals surface area contributed by atoms with E-state index in [2.05, 4.69) is 10.2 Å². The summed E-state index contributed by atoms with van der Waals surface area (Å²) in [5.74, 6) is -1.27. The lowest BCUT2D eigenvalue weighted by molar-refractivity contribution is -0.383. The smallest absolute Gasteiger partial charge is 0.306 e. The number of hydrogen-bond donors (Lipinski definition) is 4. The van der Waals surface area contributed by atoms with Crippen LogP contribution in [0.3, 0.4) is 0 Å². The Morgan fingerprint density at radius 2 is 2.15 bits per heavy atom. The fourth-order valence-electron chi connectivity index (χ4n) is 1.90. The number of aliphatic carboxylic acids is 1. The fourth-order valence-corrected chi connectivity index (χ4v) is 1.90. The number of para-hydroxylation sites is 1. The van der Waals surface area contributed by atoms with Crippen LogP contribution < -0.4 is 0 Å². The first-order valence-corrected chi connectivity index (χ1v) is 5.61. The molecule has 1 aromatic heterocycles. The molecule has 4 N–H and O–H groups in total. The number of non-ortho nitro benzene ring substituents is 1. The molecule has 0 amide bonds. The highest BCUT2D eigenvalue weighted by atomic mass is 16.6. The minimum Gasteiger partial charge on any atom is -0.481 e. The molecule has 2 atom stereocenters. The minimum atomic E-state index is -1.55. The number of nitro groups is 1. The van der Waals surface area contributed by atoms with Crippen molar-refractivity contribution in [1.82, 2.24) is 10.2 Å². The number of carbonyl (C=O) groups is 1. The zero-order valence-corrected chi connectivity index (χ0v) is 10.1. The number of aliphatic hydroxyl groups is 2. The van der Waals surface area contributed by atoms with Crippen LogP contribution in [0, 0.1) is 10.1 Å². The first kappa shape index (κ1) is 13.9. The molecule has 0 spiro atoms. The summed E-state index contributed by atoms with van der Waals surface area (Å²) >= 11 is 0. The van der Waals surface area contributed by atoms with Crippen molar-refractivity contribution in [2.75, 3.05) is 0 Å². The SMILES string of the molecule is O=C(O)CC(O)C(O)c1[nH]nc2c([N+](=O)[O-])cccc12. The maximum Gasteiger partial charge on any atom is 0.306 e. The highest BCUT2D eigenvalue weighted by molar-refractivity contribution is 5.89. The van der Waals surface area contributed by atoms with Gasteiger partial charge in [-0.3, -0.25) is 20.0 Å². The molecule has 2 aromatic rings. The average Bonchev–Trinajstić information content (AvgIpc) is 2.80. The molecule has 0 aliphatic heterocycles. The molecule has 2 unspecified atom stereocenters. The number of aliphatic hydroxyl groups excluding tert-OH is 2. The van der Waals surface area contributed by atoms with E-state index in [-0.39, 0.29) is 22.3 Å². The van der Waals surface area contributed by atoms with E-state index in [0.717, 1.165) is 0 Å². The van der Waals surface area contributed by atoms with Gasteiger partial charge in [-0.05, 0) is 0 Å². The van der Waals surface area contributed by atoms with E-state index in [9.17, 15) is 25.1 Å². The summed E-state index contributed by atoms with van der Waals surface area (Å²) in [5.41, 5.74) is -0.170. The lowest BCUT2D eigenvalue weighted by atomic mass is 10.0. The Balaban J connectivity index is 2.43. The summed E-state index contributed by atoms with van der Waals surface area (Å²) < 4.78 is 0. The van der Waals surface area contributed by atoms with Crippen LogP contribution in [0.2, 0.25) is 0 Å². The topological polar surface area (TPSA) is 150 Å². The molecule has 0 aliphatic carbocycles. The molecule has 0 bridgehead atoms. The highest BCUT2D eigenvalue weighted by Crippen LogP contribution is 2.30. The van der Waals surface area contributed by atoms with Crippen molar-refractivity contribution in [3.63, 3.8) is 0 Å². The molecule has 0 saturated carbocycles. The number of aromatic nitrogens is 2. The zero-order valence-electron chi connectivity index (χ0n) is 10.1. The standard InChI is InChI=1S/C11H11N3O6/c15-7(4-8(16)17)11(18)10-5-2-1-3-6(14(19)20)9(5)12-13-10/h1-3,7,11,15,18H,4H2,(H,12,13)(H,16,17). The van der Waals surface area contributed by atoms with Crippen molar-refractivity contribution in [2.45, 2.75) is 18.6 Å². The lowest BCUT2D eigenvalue weighted by Gasteiger charge is -2.14. The van der Waals surface area contributed by atoms with Gasteiger partial charge in [0.1, 0.15) is 6.10 Å². The summed E-state index contributed by atoms with van der Waals surface area (Å²) in [7, 11) is 0. The van der Waals surface area contributed by atoms with Gasteiger partial charge in [-0.15, -0.1) is 0 Å². The highest BCUT2D eigenvalue weighted by Gasteiger charge is 2.26. The molecule has 1 heterocycles. The van der Waals surface area contributed by atoms with Gasteiger partial charge in [0.05, 0.1) is 23.1 Å². The van der Waals surface area contributed by atoms with E-state index in [1.807, 2.05) is 0 Å². The summed E-state index contributed by atoms with van der Waals surface area (Å²) in [4.78, 5) is 20.7. The number of aromatic amines is 1. The number of rotatable bonds is 5. The third kappa shape index (κ3) is 2.44. The Morgan fingerprint density at radius 3 is 2.75 bits per heavy atom. The monoisotopic (exact) mass is 281 g/mol. The van der Waals surface area contributed by atoms with E-state index in [4.69, 9.17) is 5.11 Å². The van der Waals surface area contributed by atoms with Crippen LogP contribution in [0.15, 0.2) is 18.2 Å². The number of H-pyrrole nitrogens is 1. The Bertz CT molecular complexity index is 667. The van der Waals surface area contributed by atoms with E-state index in [1.165, 1.54) is 18.2 Å². The number of benzene rings is 1. The Morgan fingerprint density at radius 1 is 1.45 bits per heavy atom. The van der Waals surface area contributed by atoms with E-state index in [0.29, 0.717) is 0 Å². The molecule has 1 aromatic carbocycles. The van der Waals surface area contributed by atoms with Gasteiger partial charge >= 0.3 is 5.97 Å². The molecule has 106 valence electrons. The normalized spacial score (nSPS) is 14.1. The third-order valence-corrected chi connectivity index (χ3v) is 2.83. The van der Waals surface area contributed by atoms with Crippen LogP contribution in [-0.2, 0) is 4.79 Å². The van der Waals surface area contributed by atoms with Gasteiger partial charge in [-0.25, -0.2) is 0 Å². The predicted octanol–water partition coefficient (Wildman–Crippen LogP) is 0.340. The van der Waals surface area contributed by atoms with Gasteiger partial charge in [0, 0.05) is 11.5 Å². The van der Waals surface area contributed by atoms with Crippen molar-refractivity contribution < 1.29 is 25.0 Å². The van der Waals surface area contributed by atoms with Crippen LogP contribution in [0.25, 0.3) is 10.9 Å². The minimum absolute atomic E-state index is 0.0362. The summed E-state index contributed by atoms with van der Waals surface area (Å²) in [6, 6.07) is 4.15. The molecule has 0 fully saturated rings. The molecule has 9 heteroatoms. The molecular formula is C11H11N3O6. The van der Waals surface area contributed by atoms with Crippen molar-refractivity contribution in [2.24, 2.45) is 0 Å².